The van der Waals surface area contributed by atoms with Gasteiger partial charge in [-0.2, -0.15) is 0 Å². The molecule has 1 heterocycles. The maximum atomic E-state index is 5.72. The normalized spacial score (nSPS) is 18.6. The van der Waals surface area contributed by atoms with E-state index in [1.54, 1.807) is 0 Å². The van der Waals surface area contributed by atoms with Crippen LogP contribution in [-0.4, -0.2) is 10.0 Å². The molecule has 2 aromatic rings. The molecule has 0 spiro atoms. The summed E-state index contributed by atoms with van der Waals surface area (Å²) in [5.41, 5.74) is 3.54. The number of hydrogen-bond acceptors (Lipinski definition) is 2. The van der Waals surface area contributed by atoms with Crippen molar-refractivity contribution < 1.29 is 8.85 Å². The SMILES string of the molecule is Cc1ccc(C2=CC(c3ccccc3)O[SiH-]O2)cc1. The lowest BCUT2D eigenvalue weighted by Gasteiger charge is -2.32. The number of rotatable bonds is 2. The van der Waals surface area contributed by atoms with Gasteiger partial charge in [0.05, 0.1) is 21.9 Å². The summed E-state index contributed by atoms with van der Waals surface area (Å²) in [5, 5.41) is 0. The fourth-order valence-corrected chi connectivity index (χ4v) is 2.78. The third-order valence-corrected chi connectivity index (χ3v) is 3.90. The van der Waals surface area contributed by atoms with Crippen molar-refractivity contribution in [2.24, 2.45) is 0 Å². The van der Waals surface area contributed by atoms with Gasteiger partial charge in [-0.1, -0.05) is 60.2 Å². The fraction of sp³-hybridized carbons (Fsp3) is 0.125. The Bertz CT molecular complexity index is 575. The molecule has 3 heteroatoms. The molecule has 0 saturated carbocycles. The highest BCUT2D eigenvalue weighted by Crippen LogP contribution is 2.28. The topological polar surface area (TPSA) is 18.5 Å². The Kier molecular flexibility index (Phi) is 3.48. The van der Waals surface area contributed by atoms with Crippen LogP contribution in [0.1, 0.15) is 22.8 Å². The van der Waals surface area contributed by atoms with Crippen molar-refractivity contribution in [1.82, 2.24) is 0 Å². The van der Waals surface area contributed by atoms with Crippen molar-refractivity contribution >= 4 is 15.8 Å². The molecule has 19 heavy (non-hydrogen) atoms. The molecule has 0 saturated heterocycles. The van der Waals surface area contributed by atoms with Crippen molar-refractivity contribution in [3.63, 3.8) is 0 Å². The zero-order valence-corrected chi connectivity index (χ0v) is 11.9. The summed E-state index contributed by atoms with van der Waals surface area (Å²) in [6.45, 7) is 2.08. The van der Waals surface area contributed by atoms with Crippen molar-refractivity contribution in [3.8, 4) is 0 Å². The lowest BCUT2D eigenvalue weighted by molar-refractivity contribution is 0.209. The van der Waals surface area contributed by atoms with Gasteiger partial charge in [0.2, 0.25) is 0 Å². The molecule has 96 valence electrons. The average molecular weight is 267 g/mol. The van der Waals surface area contributed by atoms with E-state index in [-0.39, 0.29) is 6.10 Å². The Morgan fingerprint density at radius 3 is 2.42 bits per heavy atom. The highest BCUT2D eigenvalue weighted by molar-refractivity contribution is 6.21. The zero-order valence-electron chi connectivity index (χ0n) is 10.7. The Balaban J connectivity index is 1.90. The van der Waals surface area contributed by atoms with Gasteiger partial charge in [0.1, 0.15) is 0 Å². The zero-order chi connectivity index (χ0) is 13.1. The molecular weight excluding hydrogens is 252 g/mol. The minimum absolute atomic E-state index is 0.00116. The minimum Gasteiger partial charge on any atom is -0.688 e. The summed E-state index contributed by atoms with van der Waals surface area (Å²) < 4.78 is 11.4. The predicted molar refractivity (Wildman–Crippen MR) is 77.7 cm³/mol. The largest absolute Gasteiger partial charge is 0.688 e. The summed E-state index contributed by atoms with van der Waals surface area (Å²) in [7, 11) is -0.455. The van der Waals surface area contributed by atoms with Crippen LogP contribution >= 0.6 is 0 Å². The monoisotopic (exact) mass is 267 g/mol. The van der Waals surface area contributed by atoms with Gasteiger partial charge in [0.15, 0.2) is 0 Å². The summed E-state index contributed by atoms with van der Waals surface area (Å²) in [5.74, 6) is 0.926. The molecule has 0 N–H and O–H groups in total. The molecule has 1 atom stereocenters. The van der Waals surface area contributed by atoms with Crippen LogP contribution in [0, 0.1) is 6.92 Å². The van der Waals surface area contributed by atoms with Crippen LogP contribution in [0.25, 0.3) is 5.76 Å². The van der Waals surface area contributed by atoms with E-state index in [4.69, 9.17) is 8.85 Å². The quantitative estimate of drug-likeness (QED) is 0.777. The molecule has 2 aromatic carbocycles. The second-order valence-electron chi connectivity index (χ2n) is 4.58. The second kappa shape index (κ2) is 5.43. The first kappa shape index (κ1) is 12.2. The average Bonchev–Trinajstić information content (AvgIpc) is 2.49. The molecule has 1 aliphatic rings. The fourth-order valence-electron chi connectivity index (χ4n) is 2.06. The third-order valence-electron chi connectivity index (χ3n) is 3.14. The van der Waals surface area contributed by atoms with Crippen LogP contribution in [0.4, 0.5) is 0 Å². The molecule has 0 radical (unpaired) electrons. The van der Waals surface area contributed by atoms with Gasteiger partial charge in [-0.15, -0.1) is 0 Å². The molecule has 0 amide bonds. The third kappa shape index (κ3) is 2.78. The van der Waals surface area contributed by atoms with Crippen LogP contribution in [0.2, 0.25) is 0 Å². The van der Waals surface area contributed by atoms with Crippen molar-refractivity contribution in [2.75, 3.05) is 0 Å². The Labute approximate surface area is 115 Å². The van der Waals surface area contributed by atoms with Crippen LogP contribution in [0.5, 0.6) is 0 Å². The van der Waals surface area contributed by atoms with Crippen molar-refractivity contribution in [2.45, 2.75) is 13.0 Å². The van der Waals surface area contributed by atoms with E-state index >= 15 is 0 Å². The van der Waals surface area contributed by atoms with Crippen LogP contribution in [0.3, 0.4) is 0 Å². The van der Waals surface area contributed by atoms with Crippen molar-refractivity contribution in [3.05, 3.63) is 77.4 Å². The standard InChI is InChI=1S/C16H15O2Si/c1-12-7-9-14(10-8-12)16-11-15(17-19-18-16)13-5-3-2-4-6-13/h2-11,15,19H,1H3/q-1. The molecule has 0 aromatic heterocycles. The van der Waals surface area contributed by atoms with Crippen molar-refractivity contribution in [1.29, 1.82) is 0 Å². The van der Waals surface area contributed by atoms with Gasteiger partial charge < -0.3 is 8.85 Å². The summed E-state index contributed by atoms with van der Waals surface area (Å²) >= 11 is 0. The molecular formula is C16H15O2Si-. The first-order chi connectivity index (χ1) is 9.33. The van der Waals surface area contributed by atoms with E-state index in [1.807, 2.05) is 18.2 Å². The van der Waals surface area contributed by atoms with Gasteiger partial charge in [-0.25, -0.2) is 0 Å². The maximum absolute atomic E-state index is 5.72. The van der Waals surface area contributed by atoms with Gasteiger partial charge in [-0.05, 0) is 18.6 Å². The molecule has 0 aliphatic carbocycles. The predicted octanol–water partition coefficient (Wildman–Crippen LogP) is 3.39. The van der Waals surface area contributed by atoms with Crippen LogP contribution < -0.4 is 0 Å². The highest BCUT2D eigenvalue weighted by atomic mass is 28.3. The smallest absolute Gasteiger partial charge is 0.0889 e. The molecule has 2 nitrogen and oxygen atoms in total. The first-order valence-corrected chi connectivity index (χ1v) is 7.25. The van der Waals surface area contributed by atoms with Gasteiger partial charge in [0.25, 0.3) is 0 Å². The Morgan fingerprint density at radius 1 is 0.947 bits per heavy atom. The van der Waals surface area contributed by atoms with E-state index in [1.165, 1.54) is 11.1 Å². The van der Waals surface area contributed by atoms with E-state index in [0.29, 0.717) is 0 Å². The molecule has 1 unspecified atom stereocenters. The summed E-state index contributed by atoms with van der Waals surface area (Å²) in [6.07, 6.45) is 2.05. The van der Waals surface area contributed by atoms with E-state index < -0.39 is 10.0 Å². The number of hydrogen-bond donors (Lipinski definition) is 0. The summed E-state index contributed by atoms with van der Waals surface area (Å²) in [6, 6.07) is 18.6. The molecule has 1 aliphatic heterocycles. The molecule has 0 fully saturated rings. The van der Waals surface area contributed by atoms with Crippen LogP contribution in [0.15, 0.2) is 60.7 Å². The maximum Gasteiger partial charge on any atom is 0.0889 e. The van der Waals surface area contributed by atoms with E-state index in [0.717, 1.165) is 11.3 Å². The Morgan fingerprint density at radius 2 is 1.68 bits per heavy atom. The van der Waals surface area contributed by atoms with Gasteiger partial charge in [-0.3, -0.25) is 0 Å². The van der Waals surface area contributed by atoms with Gasteiger partial charge in [0, 0.05) is 5.56 Å². The molecule has 3 rings (SSSR count). The number of benzene rings is 2. The second-order valence-corrected chi connectivity index (χ2v) is 5.28. The lowest BCUT2D eigenvalue weighted by atomic mass is 10.1. The minimum atomic E-state index is -0.455. The first-order valence-electron chi connectivity index (χ1n) is 6.30. The van der Waals surface area contributed by atoms with Crippen LogP contribution in [-0.2, 0) is 8.85 Å². The Hall–Kier alpha value is -1.84. The molecule has 0 bridgehead atoms. The highest BCUT2D eigenvalue weighted by Gasteiger charge is 2.12. The van der Waals surface area contributed by atoms with E-state index in [9.17, 15) is 0 Å². The lowest BCUT2D eigenvalue weighted by Crippen LogP contribution is -2.15. The number of aryl methyl sites for hydroxylation is 1. The van der Waals surface area contributed by atoms with E-state index in [2.05, 4.69) is 49.4 Å². The van der Waals surface area contributed by atoms with Gasteiger partial charge >= 0.3 is 0 Å². The summed E-state index contributed by atoms with van der Waals surface area (Å²) in [4.78, 5) is 0.